The molecule has 0 aromatic carbocycles. The Kier molecular flexibility index (Phi) is 5.71. The van der Waals surface area contributed by atoms with E-state index in [1.165, 1.54) is 19.3 Å². The lowest BCUT2D eigenvalue weighted by atomic mass is 10.4. The number of hydrogen-bond donors (Lipinski definition) is 3. The van der Waals surface area contributed by atoms with Gasteiger partial charge in [0, 0.05) is 39.0 Å². The Morgan fingerprint density at radius 2 is 2.11 bits per heavy atom. The molecule has 1 heterocycles. The number of carbonyl (C=O) groups is 1. The van der Waals surface area contributed by atoms with Gasteiger partial charge in [0.1, 0.15) is 4.90 Å². The van der Waals surface area contributed by atoms with Gasteiger partial charge in [-0.05, 0) is 13.0 Å². The fourth-order valence-corrected chi connectivity index (χ4v) is 2.59. The Morgan fingerprint density at radius 1 is 1.37 bits per heavy atom. The van der Waals surface area contributed by atoms with Gasteiger partial charge in [0.25, 0.3) is 0 Å². The minimum absolute atomic E-state index is 0.0969. The molecule has 0 aliphatic heterocycles. The number of aromatic nitrogens is 1. The van der Waals surface area contributed by atoms with Gasteiger partial charge in [0.2, 0.25) is 15.9 Å². The van der Waals surface area contributed by atoms with Crippen LogP contribution in [0.4, 0.5) is 5.69 Å². The maximum atomic E-state index is 12.1. The Bertz CT molecular complexity index is 530. The van der Waals surface area contributed by atoms with Crippen LogP contribution in [-0.4, -0.2) is 38.9 Å². The van der Waals surface area contributed by atoms with Crippen LogP contribution in [0.5, 0.6) is 0 Å². The fourth-order valence-electron chi connectivity index (χ4n) is 1.43. The van der Waals surface area contributed by atoms with Gasteiger partial charge in [-0.2, -0.15) is 0 Å². The number of pyridine rings is 1. The predicted molar refractivity (Wildman–Crippen MR) is 72.3 cm³/mol. The molecule has 1 aromatic rings. The van der Waals surface area contributed by atoms with Gasteiger partial charge in [-0.1, -0.05) is 0 Å². The smallest absolute Gasteiger partial charge is 0.244 e. The monoisotopic (exact) mass is 286 g/mol. The van der Waals surface area contributed by atoms with E-state index in [2.05, 4.69) is 20.3 Å². The average molecular weight is 286 g/mol. The predicted octanol–water partition coefficient (Wildman–Crippen LogP) is -0.0722. The second-order valence-corrected chi connectivity index (χ2v) is 5.52. The van der Waals surface area contributed by atoms with Crippen molar-refractivity contribution in [3.05, 3.63) is 18.5 Å². The summed E-state index contributed by atoms with van der Waals surface area (Å²) >= 11 is 0. The summed E-state index contributed by atoms with van der Waals surface area (Å²) in [6, 6.07) is 1.60. The van der Waals surface area contributed by atoms with Gasteiger partial charge < -0.3 is 10.6 Å². The third kappa shape index (κ3) is 4.84. The molecule has 106 valence electrons. The molecule has 0 aliphatic rings. The molecule has 0 atom stereocenters. The summed E-state index contributed by atoms with van der Waals surface area (Å²) in [4.78, 5) is 14.6. The molecular weight excluding hydrogens is 268 g/mol. The standard InChI is InChI=1S/C11H18N4O3S/c1-3-13-10-4-5-12-8-11(10)19(17,18)15-7-6-14-9(2)16/h4-5,8,15H,3,6-7H2,1-2H3,(H,12,13)(H,14,16). The van der Waals surface area contributed by atoms with Gasteiger partial charge in [-0.15, -0.1) is 0 Å². The number of rotatable bonds is 7. The molecule has 0 spiro atoms. The molecule has 0 bridgehead atoms. The van der Waals surface area contributed by atoms with Crippen LogP contribution in [0.1, 0.15) is 13.8 Å². The van der Waals surface area contributed by atoms with E-state index >= 15 is 0 Å². The van der Waals surface area contributed by atoms with E-state index in [4.69, 9.17) is 0 Å². The molecule has 1 amide bonds. The van der Waals surface area contributed by atoms with Gasteiger partial charge in [0.15, 0.2) is 0 Å². The highest BCUT2D eigenvalue weighted by Crippen LogP contribution is 2.18. The largest absolute Gasteiger partial charge is 0.384 e. The normalized spacial score (nSPS) is 11.1. The van der Waals surface area contributed by atoms with Gasteiger partial charge >= 0.3 is 0 Å². The Balaban J connectivity index is 2.74. The minimum atomic E-state index is -3.64. The molecule has 8 heteroatoms. The number of sulfonamides is 1. The van der Waals surface area contributed by atoms with Gasteiger partial charge in [-0.25, -0.2) is 13.1 Å². The van der Waals surface area contributed by atoms with Crippen LogP contribution < -0.4 is 15.4 Å². The Morgan fingerprint density at radius 3 is 2.74 bits per heavy atom. The molecule has 3 N–H and O–H groups in total. The molecule has 0 unspecified atom stereocenters. The summed E-state index contributed by atoms with van der Waals surface area (Å²) in [5.41, 5.74) is 0.504. The van der Waals surface area contributed by atoms with Crippen LogP contribution in [0.25, 0.3) is 0 Å². The zero-order valence-electron chi connectivity index (χ0n) is 10.9. The third-order valence-corrected chi connectivity index (χ3v) is 3.72. The van der Waals surface area contributed by atoms with E-state index < -0.39 is 10.0 Å². The van der Waals surface area contributed by atoms with E-state index in [1.807, 2.05) is 6.92 Å². The molecule has 1 rings (SSSR count). The topological polar surface area (TPSA) is 100 Å². The van der Waals surface area contributed by atoms with Crippen molar-refractivity contribution in [3.63, 3.8) is 0 Å². The van der Waals surface area contributed by atoms with E-state index in [9.17, 15) is 13.2 Å². The van der Waals surface area contributed by atoms with Crippen molar-refractivity contribution >= 4 is 21.6 Å². The summed E-state index contributed by atoms with van der Waals surface area (Å²) in [6.45, 7) is 4.23. The quantitative estimate of drug-likeness (QED) is 0.609. The van der Waals surface area contributed by atoms with Crippen LogP contribution in [0.3, 0.4) is 0 Å². The van der Waals surface area contributed by atoms with E-state index in [-0.39, 0.29) is 23.9 Å². The minimum Gasteiger partial charge on any atom is -0.384 e. The summed E-state index contributed by atoms with van der Waals surface area (Å²) in [5.74, 6) is -0.200. The summed E-state index contributed by atoms with van der Waals surface area (Å²) in [6.07, 6.45) is 2.81. The molecule has 0 saturated heterocycles. The summed E-state index contributed by atoms with van der Waals surface area (Å²) < 4.78 is 26.5. The highest BCUT2D eigenvalue weighted by molar-refractivity contribution is 7.89. The lowest BCUT2D eigenvalue weighted by Crippen LogP contribution is -2.34. The number of amides is 1. The lowest BCUT2D eigenvalue weighted by Gasteiger charge is -2.11. The van der Waals surface area contributed by atoms with Crippen LogP contribution in [0, 0.1) is 0 Å². The lowest BCUT2D eigenvalue weighted by molar-refractivity contribution is -0.118. The number of anilines is 1. The number of hydrogen-bond acceptors (Lipinski definition) is 5. The van der Waals surface area contributed by atoms with Crippen molar-refractivity contribution in [2.24, 2.45) is 0 Å². The zero-order valence-corrected chi connectivity index (χ0v) is 11.8. The maximum absolute atomic E-state index is 12.1. The molecule has 0 radical (unpaired) electrons. The van der Waals surface area contributed by atoms with Crippen LogP contribution in [0.15, 0.2) is 23.4 Å². The van der Waals surface area contributed by atoms with Crippen molar-refractivity contribution in [2.45, 2.75) is 18.7 Å². The first-order valence-corrected chi connectivity index (χ1v) is 7.37. The summed E-state index contributed by atoms with van der Waals surface area (Å²) in [5, 5.41) is 5.47. The second kappa shape index (κ2) is 7.05. The van der Waals surface area contributed by atoms with E-state index in [1.54, 1.807) is 6.07 Å². The SMILES string of the molecule is CCNc1ccncc1S(=O)(=O)NCCNC(C)=O. The van der Waals surface area contributed by atoms with Gasteiger partial charge in [0.05, 0.1) is 5.69 Å². The third-order valence-electron chi connectivity index (χ3n) is 2.23. The fraction of sp³-hybridized carbons (Fsp3) is 0.455. The van der Waals surface area contributed by atoms with Crippen molar-refractivity contribution in [1.82, 2.24) is 15.0 Å². The zero-order chi connectivity index (χ0) is 14.3. The summed E-state index contributed by atoms with van der Waals surface area (Å²) in [7, 11) is -3.64. The van der Waals surface area contributed by atoms with Crippen molar-refractivity contribution in [1.29, 1.82) is 0 Å². The van der Waals surface area contributed by atoms with E-state index in [0.29, 0.717) is 12.2 Å². The Labute approximate surface area is 112 Å². The average Bonchev–Trinajstić information content (AvgIpc) is 2.35. The van der Waals surface area contributed by atoms with Crippen LogP contribution in [0.2, 0.25) is 0 Å². The maximum Gasteiger partial charge on any atom is 0.244 e. The van der Waals surface area contributed by atoms with Gasteiger partial charge in [-0.3, -0.25) is 9.78 Å². The molecular formula is C11H18N4O3S. The number of nitrogens with zero attached hydrogens (tertiary/aromatic N) is 1. The first kappa shape index (κ1) is 15.4. The Hall–Kier alpha value is -1.67. The molecule has 1 aromatic heterocycles. The van der Waals surface area contributed by atoms with Crippen molar-refractivity contribution in [2.75, 3.05) is 25.0 Å². The van der Waals surface area contributed by atoms with Crippen LogP contribution >= 0.6 is 0 Å². The van der Waals surface area contributed by atoms with Crippen molar-refractivity contribution < 1.29 is 13.2 Å². The molecule has 19 heavy (non-hydrogen) atoms. The number of carbonyl (C=O) groups excluding carboxylic acids is 1. The molecule has 0 aliphatic carbocycles. The molecule has 7 nitrogen and oxygen atoms in total. The highest BCUT2D eigenvalue weighted by Gasteiger charge is 2.17. The second-order valence-electron chi connectivity index (χ2n) is 3.78. The highest BCUT2D eigenvalue weighted by atomic mass is 32.2. The molecule has 0 fully saturated rings. The first-order valence-electron chi connectivity index (χ1n) is 5.89. The van der Waals surface area contributed by atoms with E-state index in [0.717, 1.165) is 0 Å². The van der Waals surface area contributed by atoms with Crippen molar-refractivity contribution in [3.8, 4) is 0 Å². The molecule has 0 saturated carbocycles. The first-order chi connectivity index (χ1) is 8.97. The number of nitrogens with one attached hydrogen (secondary N) is 3. The van der Waals surface area contributed by atoms with Crippen LogP contribution in [-0.2, 0) is 14.8 Å².